The van der Waals surface area contributed by atoms with E-state index in [-0.39, 0.29) is 96.0 Å². The van der Waals surface area contributed by atoms with E-state index in [1.807, 2.05) is 13.0 Å². The minimum absolute atomic E-state index is 0.0102. The molecule has 2 saturated heterocycles. The number of nitrogens with two attached hydrogens (primary N) is 1. The minimum atomic E-state index is -3.37. The van der Waals surface area contributed by atoms with Crippen molar-refractivity contribution < 1.29 is 31.1 Å². The molecule has 2 N–H and O–H groups in total. The number of thiophene rings is 1. The number of nitriles is 1. The molecule has 1 aliphatic carbocycles. The average molecular weight is 733 g/mol. The fourth-order valence-electron chi connectivity index (χ4n) is 7.68. The Morgan fingerprint density at radius 1 is 1.27 bits per heavy atom. The van der Waals surface area contributed by atoms with Crippen LogP contribution in [0.15, 0.2) is 12.1 Å². The zero-order chi connectivity index (χ0) is 34.4. The van der Waals surface area contributed by atoms with Gasteiger partial charge in [0.25, 0.3) is 0 Å². The lowest BCUT2D eigenvalue weighted by molar-refractivity contribution is 0.107. The van der Waals surface area contributed by atoms with Crippen molar-refractivity contribution in [1.82, 2.24) is 14.9 Å². The summed E-state index contributed by atoms with van der Waals surface area (Å²) in [6.07, 6.45) is 2.18. The maximum atomic E-state index is 17.2. The van der Waals surface area contributed by atoms with E-state index >= 15 is 4.39 Å². The van der Waals surface area contributed by atoms with Gasteiger partial charge in [0.1, 0.15) is 47.6 Å². The highest BCUT2D eigenvalue weighted by Crippen LogP contribution is 2.51. The molecule has 3 atom stereocenters. The number of hydrogen-bond acceptors (Lipinski definition) is 11. The summed E-state index contributed by atoms with van der Waals surface area (Å²) in [5, 5.41) is 9.72. The first-order valence-corrected chi connectivity index (χ1v) is 19.1. The lowest BCUT2D eigenvalue weighted by Gasteiger charge is -2.31. The highest BCUT2D eigenvalue weighted by atomic mass is 35.5. The van der Waals surface area contributed by atoms with Crippen LogP contribution >= 0.6 is 22.9 Å². The van der Waals surface area contributed by atoms with E-state index in [0.29, 0.717) is 25.8 Å². The highest BCUT2D eigenvalue weighted by molar-refractivity contribution is 7.92. The molecule has 0 spiro atoms. The van der Waals surface area contributed by atoms with Gasteiger partial charge in [-0.2, -0.15) is 15.2 Å². The maximum absolute atomic E-state index is 17.2. The molecule has 0 unspecified atom stereocenters. The summed E-state index contributed by atoms with van der Waals surface area (Å²) in [5.74, 6) is -1.42. The second-order valence-corrected chi connectivity index (χ2v) is 17.3. The zero-order valence-corrected chi connectivity index (χ0v) is 28.8. The molecule has 16 heteroatoms. The van der Waals surface area contributed by atoms with Crippen LogP contribution < -0.4 is 20.1 Å². The maximum Gasteiger partial charge on any atom is 0.319 e. The average Bonchev–Trinajstić information content (AvgIpc) is 3.72. The Balaban J connectivity index is 1.32. The predicted molar refractivity (Wildman–Crippen MR) is 182 cm³/mol. The number of ether oxygens (including phenoxy) is 2. The van der Waals surface area contributed by atoms with Gasteiger partial charge in [-0.25, -0.2) is 21.6 Å². The molecule has 4 aliphatic rings. The van der Waals surface area contributed by atoms with Crippen LogP contribution in [-0.2, 0) is 9.84 Å². The molecule has 258 valence electrons. The third-order valence-electron chi connectivity index (χ3n) is 10.3. The molecule has 2 aromatic carbocycles. The monoisotopic (exact) mass is 732 g/mol. The van der Waals surface area contributed by atoms with E-state index in [1.165, 1.54) is 6.07 Å². The van der Waals surface area contributed by atoms with Crippen LogP contribution in [0.1, 0.15) is 44.6 Å². The van der Waals surface area contributed by atoms with Crippen LogP contribution in [0.25, 0.3) is 32.1 Å². The molecule has 3 fully saturated rings. The number of halogens is 4. The number of alkyl halides is 1. The Labute approximate surface area is 289 Å². The number of benzene rings is 2. The van der Waals surface area contributed by atoms with Crippen LogP contribution in [0, 0.1) is 23.0 Å². The van der Waals surface area contributed by atoms with E-state index in [1.54, 1.807) is 4.90 Å². The number of aromatic nitrogens is 2. The smallest absolute Gasteiger partial charge is 0.319 e. The van der Waals surface area contributed by atoms with Gasteiger partial charge in [-0.15, -0.1) is 11.3 Å². The minimum Gasteiger partial charge on any atom is -0.489 e. The Hall–Kier alpha value is -3.58. The largest absolute Gasteiger partial charge is 0.489 e. The second kappa shape index (κ2) is 11.8. The van der Waals surface area contributed by atoms with Crippen LogP contribution in [0.2, 0.25) is 5.02 Å². The van der Waals surface area contributed by atoms with Crippen molar-refractivity contribution >= 4 is 64.6 Å². The lowest BCUT2D eigenvalue weighted by atomic mass is 9.95. The van der Waals surface area contributed by atoms with Gasteiger partial charge in [-0.05, 0) is 50.8 Å². The molecule has 1 saturated carbocycles. The number of hydrogen-bond donors (Lipinski definition) is 1. The van der Waals surface area contributed by atoms with Crippen molar-refractivity contribution in [2.24, 2.45) is 0 Å². The third-order valence-corrected chi connectivity index (χ3v) is 13.9. The van der Waals surface area contributed by atoms with E-state index in [0.717, 1.165) is 36.8 Å². The molecule has 10 nitrogen and oxygen atoms in total. The molecule has 0 bridgehead atoms. The normalized spacial score (nSPS) is 23.9. The van der Waals surface area contributed by atoms with Crippen LogP contribution in [0.5, 0.6) is 11.8 Å². The first kappa shape index (κ1) is 32.6. The molecule has 4 aromatic rings. The molecule has 5 heterocycles. The summed E-state index contributed by atoms with van der Waals surface area (Å²) in [6, 6.07) is 3.90. The van der Waals surface area contributed by atoms with Crippen molar-refractivity contribution in [1.29, 1.82) is 5.26 Å². The van der Waals surface area contributed by atoms with E-state index < -0.39 is 39.2 Å². The van der Waals surface area contributed by atoms with E-state index in [9.17, 15) is 22.5 Å². The van der Waals surface area contributed by atoms with Gasteiger partial charge in [0.05, 0.1) is 43.3 Å². The molecular weight excluding hydrogens is 701 g/mol. The van der Waals surface area contributed by atoms with Crippen molar-refractivity contribution in [2.75, 3.05) is 49.2 Å². The molecule has 3 aliphatic heterocycles. The molecule has 49 heavy (non-hydrogen) atoms. The summed E-state index contributed by atoms with van der Waals surface area (Å²) in [4.78, 5) is 13.1. The van der Waals surface area contributed by atoms with Crippen molar-refractivity contribution in [3.05, 3.63) is 34.4 Å². The Kier molecular flexibility index (Phi) is 7.82. The van der Waals surface area contributed by atoms with Crippen LogP contribution in [0.4, 0.5) is 24.0 Å². The number of rotatable bonds is 8. The van der Waals surface area contributed by atoms with E-state index in [2.05, 4.69) is 9.88 Å². The third kappa shape index (κ3) is 5.25. The fourth-order valence-corrected chi connectivity index (χ4v) is 10.6. The van der Waals surface area contributed by atoms with Gasteiger partial charge >= 0.3 is 6.01 Å². The number of nitrogen functional groups attached to an aromatic ring is 1. The van der Waals surface area contributed by atoms with Crippen molar-refractivity contribution in [3.63, 3.8) is 0 Å². The summed E-state index contributed by atoms with van der Waals surface area (Å²) >= 11 is 7.87. The second-order valence-electron chi connectivity index (χ2n) is 13.4. The Morgan fingerprint density at radius 2 is 2.06 bits per heavy atom. The zero-order valence-electron chi connectivity index (χ0n) is 26.4. The summed E-state index contributed by atoms with van der Waals surface area (Å²) in [5.41, 5.74) is 5.26. The molecule has 0 radical (unpaired) electrons. The van der Waals surface area contributed by atoms with Crippen molar-refractivity contribution in [2.45, 2.75) is 62.0 Å². The first-order chi connectivity index (χ1) is 23.4. The SMILES string of the molecule is C[C@H]1COc2c(Cl)c(-c3ccc(F)c4sc(N)c(C#N)c34)c(F)c3nc(OC[C@@]45CCCN4C[C@H](F)C5)nc(c23)N1CCS(=O)(=O)C1CC1. The predicted octanol–water partition coefficient (Wildman–Crippen LogP) is 6.02. The number of fused-ring (bicyclic) bond motifs is 2. The Morgan fingerprint density at radius 3 is 2.82 bits per heavy atom. The molecular formula is C33H32ClF3N6O4S2. The number of sulfone groups is 1. The topological polar surface area (TPSA) is 135 Å². The number of nitrogens with zero attached hydrogens (tertiary/aromatic N) is 5. The lowest BCUT2D eigenvalue weighted by Crippen LogP contribution is -2.43. The highest BCUT2D eigenvalue weighted by Gasteiger charge is 2.49. The standard InChI is InChI=1S/C33H32ClF3N6O4S2/c1-16-14-46-28-24-27(26(37)23(25(28)34)19-5-6-21(36)29-22(19)20(12-38)30(39)48-29)40-32(47-15-33-7-2-8-42(33)13-17(35)11-33)41-31(24)43(16)9-10-49(44,45)18-3-4-18/h5-6,16-18H,2-4,7-11,13-15,39H2,1H3/t16-,17+,33-/m0/s1. The first-order valence-electron chi connectivity index (χ1n) is 16.2. The van der Waals surface area contributed by atoms with Crippen LogP contribution in [0.3, 0.4) is 0 Å². The molecule has 0 amide bonds. The van der Waals surface area contributed by atoms with Gasteiger partial charge in [-0.1, -0.05) is 17.7 Å². The van der Waals surface area contributed by atoms with Gasteiger partial charge in [0, 0.05) is 30.5 Å². The van der Waals surface area contributed by atoms with Crippen molar-refractivity contribution in [3.8, 4) is 29.0 Å². The van der Waals surface area contributed by atoms with Gasteiger partial charge in [-0.3, -0.25) is 4.90 Å². The Bertz CT molecular complexity index is 2190. The summed E-state index contributed by atoms with van der Waals surface area (Å²) in [6.45, 7) is 3.06. The molecule has 2 aromatic heterocycles. The van der Waals surface area contributed by atoms with Gasteiger partial charge < -0.3 is 20.1 Å². The molecule has 8 rings (SSSR count). The van der Waals surface area contributed by atoms with Gasteiger partial charge in [0.15, 0.2) is 21.4 Å². The summed E-state index contributed by atoms with van der Waals surface area (Å²) < 4.78 is 85.2. The van der Waals surface area contributed by atoms with Crippen LogP contribution in [-0.4, -0.2) is 84.9 Å². The number of anilines is 2. The van der Waals surface area contributed by atoms with Gasteiger partial charge in [0.2, 0.25) is 0 Å². The van der Waals surface area contributed by atoms with E-state index in [4.69, 9.17) is 31.8 Å². The quantitative estimate of drug-likeness (QED) is 0.229. The fraction of sp³-hybridized carbons (Fsp3) is 0.485. The summed E-state index contributed by atoms with van der Waals surface area (Å²) in [7, 11) is -3.37.